The zero-order valence-corrected chi connectivity index (χ0v) is 8.62. The van der Waals surface area contributed by atoms with Crippen molar-refractivity contribution in [1.82, 2.24) is 15.2 Å². The van der Waals surface area contributed by atoms with Gasteiger partial charge in [0, 0.05) is 28.6 Å². The number of nitrogens with zero attached hydrogens (tertiary/aromatic N) is 2. The fraction of sp³-hybridized carbons (Fsp3) is 0.0769. The Morgan fingerprint density at radius 2 is 2.25 bits per heavy atom. The molecule has 16 heavy (non-hydrogen) atoms. The fourth-order valence-corrected chi connectivity index (χ4v) is 2.61. The van der Waals surface area contributed by atoms with Crippen molar-refractivity contribution in [1.29, 1.82) is 0 Å². The van der Waals surface area contributed by atoms with Crippen LogP contribution in [0, 0.1) is 0 Å². The average Bonchev–Trinajstić information content (AvgIpc) is 2.93. The van der Waals surface area contributed by atoms with Crippen LogP contribution < -0.4 is 10.4 Å². The van der Waals surface area contributed by atoms with Crippen LogP contribution >= 0.6 is 0 Å². The molecule has 2 aromatic heterocycles. The average molecular weight is 207 g/mol. The van der Waals surface area contributed by atoms with E-state index in [9.17, 15) is 0 Å². The van der Waals surface area contributed by atoms with E-state index in [1.54, 1.807) is 0 Å². The van der Waals surface area contributed by atoms with Gasteiger partial charge in [0.2, 0.25) is 0 Å². The monoisotopic (exact) mass is 207 g/mol. The maximum Gasteiger partial charge on any atom is 0.0729 e. The zero-order valence-electron chi connectivity index (χ0n) is 8.62. The summed E-state index contributed by atoms with van der Waals surface area (Å²) >= 11 is 0. The van der Waals surface area contributed by atoms with Crippen molar-refractivity contribution in [2.45, 2.75) is 6.42 Å². The molecule has 0 bridgehead atoms. The molecule has 0 fully saturated rings. The minimum absolute atomic E-state index is 0.912. The van der Waals surface area contributed by atoms with Gasteiger partial charge in [0.15, 0.2) is 0 Å². The number of nitrogens with one attached hydrogen (secondary N) is 1. The van der Waals surface area contributed by atoms with E-state index in [1.165, 1.54) is 16.0 Å². The molecule has 0 unspecified atom stereocenters. The highest BCUT2D eigenvalue weighted by Crippen LogP contribution is 2.22. The number of rotatable bonds is 0. The lowest BCUT2D eigenvalue weighted by molar-refractivity contribution is 1.12. The highest BCUT2D eigenvalue weighted by molar-refractivity contribution is 6.08. The van der Waals surface area contributed by atoms with E-state index in [2.05, 4.69) is 33.9 Å². The molecule has 0 radical (unpaired) electrons. The first kappa shape index (κ1) is 8.05. The lowest BCUT2D eigenvalue weighted by Gasteiger charge is -2.01. The summed E-state index contributed by atoms with van der Waals surface area (Å²) in [6.07, 6.45) is 6.85. The molecule has 1 N–H and O–H groups in total. The highest BCUT2D eigenvalue weighted by Gasteiger charge is 2.13. The van der Waals surface area contributed by atoms with Crippen molar-refractivity contribution in [3.8, 4) is 0 Å². The number of aromatic amines is 1. The maximum atomic E-state index is 4.42. The summed E-state index contributed by atoms with van der Waals surface area (Å²) in [7, 11) is 0. The van der Waals surface area contributed by atoms with E-state index in [1.807, 2.05) is 12.4 Å². The number of H-pyrrole nitrogens is 1. The van der Waals surface area contributed by atoms with Crippen molar-refractivity contribution in [3.05, 3.63) is 34.6 Å². The summed E-state index contributed by atoms with van der Waals surface area (Å²) in [5, 5.41) is 13.0. The molecule has 0 spiro atoms. The molecule has 0 atom stereocenters. The molecule has 0 amide bonds. The van der Waals surface area contributed by atoms with Crippen LogP contribution in [0.4, 0.5) is 0 Å². The van der Waals surface area contributed by atoms with Crippen molar-refractivity contribution in [3.63, 3.8) is 0 Å². The molecular weight excluding hydrogens is 198 g/mol. The number of aromatic nitrogens is 3. The fourth-order valence-electron chi connectivity index (χ4n) is 2.61. The molecule has 0 aliphatic heterocycles. The minimum Gasteiger partial charge on any atom is -0.277 e. The standard InChI is InChI=1S/C13H9N3/c1-7-8-2-3-11-12(8)9(4-5-14-11)10-6-15-16-13(7)10/h2,4-6H,1,3H2,(H,15,16). The summed E-state index contributed by atoms with van der Waals surface area (Å²) in [5.41, 5.74) is 2.19. The number of hydrogen-bond acceptors (Lipinski definition) is 2. The lowest BCUT2D eigenvalue weighted by atomic mass is 10.1. The highest BCUT2D eigenvalue weighted by atomic mass is 15.1. The predicted molar refractivity (Wildman–Crippen MR) is 64.3 cm³/mol. The predicted octanol–water partition coefficient (Wildman–Crippen LogP) is 0.858. The van der Waals surface area contributed by atoms with Gasteiger partial charge >= 0.3 is 0 Å². The third-order valence-electron chi connectivity index (χ3n) is 3.35. The second-order valence-electron chi connectivity index (χ2n) is 4.14. The van der Waals surface area contributed by atoms with Gasteiger partial charge in [-0.25, -0.2) is 0 Å². The quantitative estimate of drug-likeness (QED) is 0.594. The van der Waals surface area contributed by atoms with Crippen LogP contribution in [-0.4, -0.2) is 15.2 Å². The summed E-state index contributed by atoms with van der Waals surface area (Å²) in [4.78, 5) is 4.42. The second-order valence-corrected chi connectivity index (χ2v) is 4.14. The third kappa shape index (κ3) is 0.758. The smallest absolute Gasteiger partial charge is 0.0729 e. The van der Waals surface area contributed by atoms with Crippen molar-refractivity contribution in [2.24, 2.45) is 0 Å². The van der Waals surface area contributed by atoms with Crippen LogP contribution in [0.25, 0.3) is 34.3 Å². The van der Waals surface area contributed by atoms with Crippen LogP contribution in [0.5, 0.6) is 0 Å². The molecule has 3 aromatic rings. The van der Waals surface area contributed by atoms with E-state index in [-0.39, 0.29) is 0 Å². The third-order valence-corrected chi connectivity index (χ3v) is 3.35. The first-order valence-corrected chi connectivity index (χ1v) is 5.28. The van der Waals surface area contributed by atoms with E-state index < -0.39 is 0 Å². The summed E-state index contributed by atoms with van der Waals surface area (Å²) in [6.45, 7) is 4.14. The van der Waals surface area contributed by atoms with E-state index in [4.69, 9.17) is 0 Å². The number of pyridine rings is 1. The normalized spacial score (nSPS) is 13.5. The second kappa shape index (κ2) is 2.50. The molecular formula is C13H9N3. The van der Waals surface area contributed by atoms with Gasteiger partial charge in [0.25, 0.3) is 0 Å². The molecule has 3 nitrogen and oxygen atoms in total. The summed E-state index contributed by atoms with van der Waals surface area (Å²) in [5.74, 6) is 0. The molecule has 76 valence electrons. The molecule has 1 aromatic carbocycles. The Morgan fingerprint density at radius 1 is 1.31 bits per heavy atom. The molecule has 3 heteroatoms. The Labute approximate surface area is 91.1 Å². The Balaban J connectivity index is 2.55. The zero-order chi connectivity index (χ0) is 10.7. The Morgan fingerprint density at radius 3 is 3.19 bits per heavy atom. The van der Waals surface area contributed by atoms with Crippen LogP contribution in [0.1, 0.15) is 5.69 Å². The van der Waals surface area contributed by atoms with Crippen LogP contribution in [-0.2, 0) is 6.42 Å². The molecule has 2 heterocycles. The van der Waals surface area contributed by atoms with Gasteiger partial charge in [0.1, 0.15) is 0 Å². The van der Waals surface area contributed by atoms with Gasteiger partial charge in [-0.2, -0.15) is 5.10 Å². The van der Waals surface area contributed by atoms with Gasteiger partial charge in [-0.1, -0.05) is 12.7 Å². The van der Waals surface area contributed by atoms with Gasteiger partial charge in [-0.05, 0) is 16.7 Å². The number of fused-ring (bicyclic) bond motifs is 2. The van der Waals surface area contributed by atoms with Gasteiger partial charge in [-0.3, -0.25) is 10.1 Å². The van der Waals surface area contributed by atoms with Crippen LogP contribution in [0.3, 0.4) is 0 Å². The molecule has 4 rings (SSSR count). The van der Waals surface area contributed by atoms with E-state index in [0.29, 0.717) is 0 Å². The van der Waals surface area contributed by atoms with Gasteiger partial charge in [0.05, 0.1) is 17.4 Å². The SMILES string of the molecule is C=c1c2c3c(nccc3c3cn[nH]c13)CC=2. The topological polar surface area (TPSA) is 41.6 Å². The molecule has 1 aliphatic carbocycles. The van der Waals surface area contributed by atoms with Crippen molar-refractivity contribution < 1.29 is 0 Å². The van der Waals surface area contributed by atoms with Crippen molar-refractivity contribution in [2.75, 3.05) is 0 Å². The van der Waals surface area contributed by atoms with E-state index >= 15 is 0 Å². The lowest BCUT2D eigenvalue weighted by Crippen LogP contribution is -2.23. The first-order chi connectivity index (χ1) is 7.86. The van der Waals surface area contributed by atoms with Crippen LogP contribution in [0.15, 0.2) is 18.5 Å². The molecule has 0 saturated heterocycles. The van der Waals surface area contributed by atoms with Gasteiger partial charge < -0.3 is 0 Å². The molecule has 1 aliphatic rings. The Bertz CT molecular complexity index is 843. The Hall–Kier alpha value is -2.16. The molecule has 0 saturated carbocycles. The van der Waals surface area contributed by atoms with Crippen LogP contribution in [0.2, 0.25) is 0 Å². The summed E-state index contributed by atoms with van der Waals surface area (Å²) < 4.78 is 0. The summed E-state index contributed by atoms with van der Waals surface area (Å²) in [6, 6.07) is 2.05. The number of hydrogen-bond donors (Lipinski definition) is 1. The number of benzene rings is 1. The van der Waals surface area contributed by atoms with Gasteiger partial charge in [-0.15, -0.1) is 0 Å². The Kier molecular flexibility index (Phi) is 1.26. The largest absolute Gasteiger partial charge is 0.277 e. The first-order valence-electron chi connectivity index (χ1n) is 5.28. The van der Waals surface area contributed by atoms with E-state index in [0.717, 1.165) is 28.2 Å². The maximum absolute atomic E-state index is 4.42. The minimum atomic E-state index is 0.912. The van der Waals surface area contributed by atoms with Crippen molar-refractivity contribution >= 4 is 34.3 Å².